The van der Waals surface area contributed by atoms with E-state index in [4.69, 9.17) is 4.42 Å². The minimum Gasteiger partial charge on any atom is -0.415 e. The first kappa shape index (κ1) is 18.8. The second-order valence-corrected chi connectivity index (χ2v) is 6.10. The fourth-order valence-corrected chi connectivity index (χ4v) is 2.81. The van der Waals surface area contributed by atoms with Gasteiger partial charge in [-0.05, 0) is 35.9 Å². The van der Waals surface area contributed by atoms with Crippen LogP contribution in [0.1, 0.15) is 17.9 Å². The van der Waals surface area contributed by atoms with E-state index in [0.29, 0.717) is 17.0 Å². The Kier molecular flexibility index (Phi) is 4.83. The molecular weight excluding hydrogens is 395 g/mol. The Morgan fingerprint density at radius 1 is 0.931 bits per heavy atom. The zero-order valence-electron chi connectivity index (χ0n) is 14.5. The van der Waals surface area contributed by atoms with Crippen LogP contribution < -0.4 is 0 Å². The molecule has 2 heterocycles. The molecule has 0 atom stereocenters. The number of alkyl halides is 2. The highest BCUT2D eigenvalue weighted by Gasteiger charge is 2.19. The standard InChI is InChI=1S/C19H11F5N4O/c20-13-7-11(6-12(8-13)18-26-27-19(29-18)16(23)24)17-25-3-4-28(17)9-10-1-2-14(21)15(22)5-10/h1-8,16H,9H2. The van der Waals surface area contributed by atoms with Crippen molar-refractivity contribution < 1.29 is 26.4 Å². The molecule has 5 nitrogen and oxygen atoms in total. The van der Waals surface area contributed by atoms with E-state index in [2.05, 4.69) is 15.2 Å². The van der Waals surface area contributed by atoms with Crippen LogP contribution in [0.25, 0.3) is 22.8 Å². The Balaban J connectivity index is 1.69. The number of hydrogen-bond acceptors (Lipinski definition) is 4. The van der Waals surface area contributed by atoms with Gasteiger partial charge in [0.2, 0.25) is 5.89 Å². The van der Waals surface area contributed by atoms with Gasteiger partial charge in [0.1, 0.15) is 11.6 Å². The summed E-state index contributed by atoms with van der Waals surface area (Å²) >= 11 is 0. The summed E-state index contributed by atoms with van der Waals surface area (Å²) in [6.45, 7) is 0.147. The van der Waals surface area contributed by atoms with Crippen LogP contribution in [0.3, 0.4) is 0 Å². The smallest absolute Gasteiger partial charge is 0.314 e. The predicted octanol–water partition coefficient (Wildman–Crippen LogP) is 5.00. The summed E-state index contributed by atoms with van der Waals surface area (Å²) < 4.78 is 72.5. The van der Waals surface area contributed by atoms with Crippen LogP contribution in [-0.2, 0) is 6.54 Å². The maximum atomic E-state index is 14.2. The SMILES string of the molecule is Fc1cc(-c2nnc(C(F)F)o2)cc(-c2nccn2Cc2ccc(F)c(F)c2)c1. The third-order valence-electron chi connectivity index (χ3n) is 4.08. The molecule has 0 spiro atoms. The van der Waals surface area contributed by atoms with Crippen LogP contribution >= 0.6 is 0 Å². The lowest BCUT2D eigenvalue weighted by molar-refractivity contribution is 0.116. The molecule has 0 aliphatic carbocycles. The largest absolute Gasteiger partial charge is 0.415 e. The molecule has 0 saturated heterocycles. The summed E-state index contributed by atoms with van der Waals surface area (Å²) in [5.74, 6) is -3.42. The van der Waals surface area contributed by atoms with Gasteiger partial charge in [-0.15, -0.1) is 10.2 Å². The van der Waals surface area contributed by atoms with Crippen molar-refractivity contribution in [2.24, 2.45) is 0 Å². The van der Waals surface area contributed by atoms with E-state index in [0.717, 1.165) is 18.2 Å². The molecule has 0 N–H and O–H groups in total. The first-order valence-corrected chi connectivity index (χ1v) is 8.28. The summed E-state index contributed by atoms with van der Waals surface area (Å²) in [5.41, 5.74) is 0.879. The van der Waals surface area contributed by atoms with Gasteiger partial charge in [-0.3, -0.25) is 0 Å². The van der Waals surface area contributed by atoms with E-state index in [1.54, 1.807) is 10.8 Å². The summed E-state index contributed by atoms with van der Waals surface area (Å²) in [6, 6.07) is 7.20. The second kappa shape index (κ2) is 7.46. The van der Waals surface area contributed by atoms with Crippen LogP contribution in [0.15, 0.2) is 53.2 Å². The van der Waals surface area contributed by atoms with E-state index in [9.17, 15) is 22.0 Å². The van der Waals surface area contributed by atoms with Crippen molar-refractivity contribution >= 4 is 0 Å². The summed E-state index contributed by atoms with van der Waals surface area (Å²) in [6.07, 6.45) is 0.101. The third-order valence-corrected chi connectivity index (χ3v) is 4.08. The van der Waals surface area contributed by atoms with E-state index in [-0.39, 0.29) is 18.0 Å². The molecule has 0 aliphatic heterocycles. The number of rotatable bonds is 5. The number of aromatic nitrogens is 4. The first-order valence-electron chi connectivity index (χ1n) is 8.28. The molecule has 29 heavy (non-hydrogen) atoms. The molecule has 0 saturated carbocycles. The number of benzene rings is 2. The van der Waals surface area contributed by atoms with Gasteiger partial charge in [0.25, 0.3) is 5.89 Å². The molecule has 4 aromatic rings. The molecule has 2 aromatic heterocycles. The highest BCUT2D eigenvalue weighted by molar-refractivity contribution is 5.65. The predicted molar refractivity (Wildman–Crippen MR) is 91.3 cm³/mol. The molecular formula is C19H11F5N4O. The average molecular weight is 406 g/mol. The van der Waals surface area contributed by atoms with Crippen molar-refractivity contribution in [3.05, 3.63) is 77.7 Å². The maximum Gasteiger partial charge on any atom is 0.314 e. The number of hydrogen-bond donors (Lipinski definition) is 0. The summed E-state index contributed by atoms with van der Waals surface area (Å²) in [4.78, 5) is 4.17. The Morgan fingerprint density at radius 2 is 1.72 bits per heavy atom. The highest BCUT2D eigenvalue weighted by atomic mass is 19.3. The van der Waals surface area contributed by atoms with Gasteiger partial charge in [-0.25, -0.2) is 18.2 Å². The minimum atomic E-state index is -2.95. The highest BCUT2D eigenvalue weighted by Crippen LogP contribution is 2.28. The fraction of sp³-hybridized carbons (Fsp3) is 0.105. The summed E-state index contributed by atoms with van der Waals surface area (Å²) in [5, 5.41) is 6.74. The fourth-order valence-electron chi connectivity index (χ4n) is 2.81. The zero-order chi connectivity index (χ0) is 20.5. The van der Waals surface area contributed by atoms with Gasteiger partial charge in [0.15, 0.2) is 11.6 Å². The maximum absolute atomic E-state index is 14.2. The molecule has 0 radical (unpaired) electrons. The van der Waals surface area contributed by atoms with Gasteiger partial charge in [-0.2, -0.15) is 8.78 Å². The van der Waals surface area contributed by atoms with Crippen LogP contribution in [0, 0.1) is 17.5 Å². The van der Waals surface area contributed by atoms with Crippen molar-refractivity contribution in [3.8, 4) is 22.8 Å². The van der Waals surface area contributed by atoms with Gasteiger partial charge < -0.3 is 8.98 Å². The molecule has 0 aliphatic rings. The van der Waals surface area contributed by atoms with E-state index in [1.165, 1.54) is 24.4 Å². The molecule has 2 aromatic carbocycles. The Labute approximate surface area is 160 Å². The van der Waals surface area contributed by atoms with Crippen LogP contribution in [0.2, 0.25) is 0 Å². The lowest BCUT2D eigenvalue weighted by Gasteiger charge is -2.09. The number of halogens is 5. The van der Waals surface area contributed by atoms with Gasteiger partial charge in [-0.1, -0.05) is 6.07 Å². The van der Waals surface area contributed by atoms with Crippen molar-refractivity contribution in [2.75, 3.05) is 0 Å². The van der Waals surface area contributed by atoms with Gasteiger partial charge >= 0.3 is 6.43 Å². The van der Waals surface area contributed by atoms with E-state index in [1.807, 2.05) is 0 Å². The molecule has 4 rings (SSSR count). The van der Waals surface area contributed by atoms with Gasteiger partial charge in [0, 0.05) is 30.1 Å². The van der Waals surface area contributed by atoms with Crippen LogP contribution in [-0.4, -0.2) is 19.7 Å². The van der Waals surface area contributed by atoms with Crippen LogP contribution in [0.5, 0.6) is 0 Å². The monoisotopic (exact) mass is 406 g/mol. The number of nitrogens with zero attached hydrogens (tertiary/aromatic N) is 4. The molecule has 0 fully saturated rings. The Morgan fingerprint density at radius 3 is 2.45 bits per heavy atom. The average Bonchev–Trinajstić information content (AvgIpc) is 3.34. The molecule has 0 bridgehead atoms. The van der Waals surface area contributed by atoms with Crippen molar-refractivity contribution in [1.82, 2.24) is 19.7 Å². The second-order valence-electron chi connectivity index (χ2n) is 6.10. The first-order chi connectivity index (χ1) is 13.9. The number of imidazole rings is 1. The van der Waals surface area contributed by atoms with E-state index >= 15 is 0 Å². The molecule has 0 unspecified atom stereocenters. The van der Waals surface area contributed by atoms with Gasteiger partial charge in [0.05, 0.1) is 0 Å². The van der Waals surface area contributed by atoms with Crippen molar-refractivity contribution in [3.63, 3.8) is 0 Å². The normalized spacial score (nSPS) is 11.4. The molecule has 148 valence electrons. The summed E-state index contributed by atoms with van der Waals surface area (Å²) in [7, 11) is 0. The zero-order valence-corrected chi connectivity index (χ0v) is 14.5. The topological polar surface area (TPSA) is 56.7 Å². The lowest BCUT2D eigenvalue weighted by atomic mass is 10.1. The van der Waals surface area contributed by atoms with E-state index < -0.39 is 29.8 Å². The lowest BCUT2D eigenvalue weighted by Crippen LogP contribution is -2.02. The molecule has 10 heteroatoms. The minimum absolute atomic E-state index is 0.0989. The molecule has 0 amide bonds. The van der Waals surface area contributed by atoms with Crippen LogP contribution in [0.4, 0.5) is 22.0 Å². The Bertz CT molecular complexity index is 1170. The third kappa shape index (κ3) is 3.86. The quantitative estimate of drug-likeness (QED) is 0.438. The van der Waals surface area contributed by atoms with Crippen molar-refractivity contribution in [1.29, 1.82) is 0 Å². The van der Waals surface area contributed by atoms with Crippen molar-refractivity contribution in [2.45, 2.75) is 13.0 Å². The Hall–Kier alpha value is -3.56.